The first-order valence-electron chi connectivity index (χ1n) is 6.25. The second-order valence-electron chi connectivity index (χ2n) is 6.88. The minimum Gasteiger partial charge on any atom is -0.310 e. The van der Waals surface area contributed by atoms with E-state index in [9.17, 15) is 0 Å². The molecular formula is C13H23N. The van der Waals surface area contributed by atoms with Crippen molar-refractivity contribution in [3.05, 3.63) is 0 Å². The SMILES string of the molecule is CC(C)(C)C12CCCC1C1(CC1)CN2. The lowest BCUT2D eigenvalue weighted by molar-refractivity contribution is 0.117. The lowest BCUT2D eigenvalue weighted by Gasteiger charge is -2.43. The minimum atomic E-state index is 0.445. The van der Waals surface area contributed by atoms with Crippen LogP contribution in [0.15, 0.2) is 0 Å². The zero-order valence-electron chi connectivity index (χ0n) is 9.82. The second-order valence-corrected chi connectivity index (χ2v) is 6.88. The Bertz CT molecular complexity index is 259. The van der Waals surface area contributed by atoms with Crippen molar-refractivity contribution in [1.82, 2.24) is 5.32 Å². The van der Waals surface area contributed by atoms with Crippen molar-refractivity contribution in [2.75, 3.05) is 6.54 Å². The molecule has 80 valence electrons. The molecule has 0 amide bonds. The zero-order chi connectivity index (χ0) is 10.0. The van der Waals surface area contributed by atoms with Crippen LogP contribution >= 0.6 is 0 Å². The highest BCUT2D eigenvalue weighted by Gasteiger charge is 2.66. The fraction of sp³-hybridized carbons (Fsp3) is 1.00. The molecule has 3 rings (SSSR count). The van der Waals surface area contributed by atoms with E-state index in [1.54, 1.807) is 0 Å². The van der Waals surface area contributed by atoms with Crippen LogP contribution in [0.25, 0.3) is 0 Å². The molecule has 2 saturated carbocycles. The molecule has 2 atom stereocenters. The lowest BCUT2D eigenvalue weighted by atomic mass is 9.66. The second kappa shape index (κ2) is 2.37. The third-order valence-electron chi connectivity index (χ3n) is 5.38. The summed E-state index contributed by atoms with van der Waals surface area (Å²) in [4.78, 5) is 0. The molecule has 1 heteroatoms. The maximum absolute atomic E-state index is 3.92. The van der Waals surface area contributed by atoms with E-state index in [0.717, 1.165) is 11.3 Å². The first kappa shape index (κ1) is 9.21. The Morgan fingerprint density at radius 2 is 1.86 bits per heavy atom. The zero-order valence-corrected chi connectivity index (χ0v) is 9.82. The Balaban J connectivity index is 1.99. The Hall–Kier alpha value is -0.0400. The highest BCUT2D eigenvalue weighted by Crippen LogP contribution is 2.66. The molecule has 1 N–H and O–H groups in total. The average molecular weight is 193 g/mol. The molecule has 1 nitrogen and oxygen atoms in total. The highest BCUT2D eigenvalue weighted by molar-refractivity contribution is 5.21. The van der Waals surface area contributed by atoms with Crippen molar-refractivity contribution in [2.45, 2.75) is 58.4 Å². The molecule has 0 aromatic carbocycles. The number of rotatable bonds is 0. The topological polar surface area (TPSA) is 12.0 Å². The fourth-order valence-electron chi connectivity index (χ4n) is 4.35. The van der Waals surface area contributed by atoms with Gasteiger partial charge in [-0.2, -0.15) is 0 Å². The highest BCUT2D eigenvalue weighted by atomic mass is 15.1. The van der Waals surface area contributed by atoms with Gasteiger partial charge in [0.05, 0.1) is 0 Å². The monoisotopic (exact) mass is 193 g/mol. The largest absolute Gasteiger partial charge is 0.310 e. The molecule has 1 saturated heterocycles. The summed E-state index contributed by atoms with van der Waals surface area (Å²) in [6, 6.07) is 0. The van der Waals surface area contributed by atoms with Gasteiger partial charge in [-0.3, -0.25) is 0 Å². The van der Waals surface area contributed by atoms with E-state index in [2.05, 4.69) is 26.1 Å². The number of hydrogen-bond donors (Lipinski definition) is 1. The lowest BCUT2D eigenvalue weighted by Crippen LogP contribution is -2.52. The van der Waals surface area contributed by atoms with Crippen molar-refractivity contribution < 1.29 is 0 Å². The van der Waals surface area contributed by atoms with Crippen LogP contribution in [-0.2, 0) is 0 Å². The average Bonchev–Trinajstić information content (AvgIpc) is 2.58. The van der Waals surface area contributed by atoms with Crippen LogP contribution in [0.1, 0.15) is 52.9 Å². The van der Waals surface area contributed by atoms with Gasteiger partial charge in [0.25, 0.3) is 0 Å². The van der Waals surface area contributed by atoms with E-state index >= 15 is 0 Å². The van der Waals surface area contributed by atoms with Gasteiger partial charge in [-0.15, -0.1) is 0 Å². The smallest absolute Gasteiger partial charge is 0.0263 e. The van der Waals surface area contributed by atoms with Gasteiger partial charge >= 0.3 is 0 Å². The molecule has 0 radical (unpaired) electrons. The molecule has 3 aliphatic rings. The summed E-state index contributed by atoms with van der Waals surface area (Å²) in [5.41, 5.74) is 1.69. The van der Waals surface area contributed by atoms with E-state index in [-0.39, 0.29) is 0 Å². The predicted molar refractivity (Wildman–Crippen MR) is 59.2 cm³/mol. The van der Waals surface area contributed by atoms with Gasteiger partial charge < -0.3 is 5.32 Å². The van der Waals surface area contributed by atoms with Crippen LogP contribution in [-0.4, -0.2) is 12.1 Å². The van der Waals surface area contributed by atoms with Crippen molar-refractivity contribution in [3.63, 3.8) is 0 Å². The summed E-state index contributed by atoms with van der Waals surface area (Å²) in [5.74, 6) is 0.995. The van der Waals surface area contributed by atoms with Gasteiger partial charge in [0.2, 0.25) is 0 Å². The van der Waals surface area contributed by atoms with Crippen molar-refractivity contribution >= 4 is 0 Å². The van der Waals surface area contributed by atoms with E-state index < -0.39 is 0 Å². The number of hydrogen-bond acceptors (Lipinski definition) is 1. The van der Waals surface area contributed by atoms with E-state index in [0.29, 0.717) is 11.0 Å². The predicted octanol–water partition coefficient (Wildman–Crippen LogP) is 2.95. The molecular weight excluding hydrogens is 170 g/mol. The van der Waals surface area contributed by atoms with Crippen LogP contribution in [0.5, 0.6) is 0 Å². The Labute approximate surface area is 87.7 Å². The first-order valence-corrected chi connectivity index (χ1v) is 6.25. The van der Waals surface area contributed by atoms with Gasteiger partial charge in [0, 0.05) is 12.1 Å². The molecule has 1 aliphatic heterocycles. The quantitative estimate of drug-likeness (QED) is 0.623. The molecule has 1 heterocycles. The van der Waals surface area contributed by atoms with E-state index in [1.807, 2.05) is 0 Å². The van der Waals surface area contributed by atoms with E-state index in [1.165, 1.54) is 38.6 Å². The molecule has 0 aromatic rings. The number of fused-ring (bicyclic) bond motifs is 2. The molecule has 1 spiro atoms. The van der Waals surface area contributed by atoms with Gasteiger partial charge in [-0.25, -0.2) is 0 Å². The van der Waals surface area contributed by atoms with Crippen molar-refractivity contribution in [1.29, 1.82) is 0 Å². The molecule has 0 bridgehead atoms. The fourth-order valence-corrected chi connectivity index (χ4v) is 4.35. The maximum atomic E-state index is 3.92. The summed E-state index contributed by atoms with van der Waals surface area (Å²) >= 11 is 0. The van der Waals surface area contributed by atoms with Crippen LogP contribution < -0.4 is 5.32 Å². The van der Waals surface area contributed by atoms with Crippen molar-refractivity contribution in [3.8, 4) is 0 Å². The van der Waals surface area contributed by atoms with Crippen LogP contribution in [0.3, 0.4) is 0 Å². The van der Waals surface area contributed by atoms with Crippen LogP contribution in [0.2, 0.25) is 0 Å². The Morgan fingerprint density at radius 3 is 2.43 bits per heavy atom. The van der Waals surface area contributed by atoms with Gasteiger partial charge in [0.1, 0.15) is 0 Å². The summed E-state index contributed by atoms with van der Waals surface area (Å²) in [6.07, 6.45) is 7.37. The molecule has 0 aromatic heterocycles. The first-order chi connectivity index (χ1) is 6.50. The minimum absolute atomic E-state index is 0.445. The number of nitrogens with one attached hydrogen (secondary N) is 1. The van der Waals surface area contributed by atoms with Gasteiger partial charge in [0.15, 0.2) is 0 Å². The molecule has 2 unspecified atom stereocenters. The molecule has 2 aliphatic carbocycles. The standard InChI is InChI=1S/C13H23N/c1-11(2,3)13-6-4-5-10(13)12(7-8-12)9-14-13/h10,14H,4-9H2,1-3H3. The van der Waals surface area contributed by atoms with Gasteiger partial charge in [-0.05, 0) is 42.4 Å². The Morgan fingerprint density at radius 1 is 1.14 bits per heavy atom. The van der Waals surface area contributed by atoms with Crippen LogP contribution in [0, 0.1) is 16.7 Å². The third kappa shape index (κ3) is 0.900. The summed E-state index contributed by atoms with van der Waals surface area (Å²) in [5, 5.41) is 3.92. The third-order valence-corrected chi connectivity index (χ3v) is 5.38. The Kier molecular flexibility index (Phi) is 1.56. The normalized spacial score (nSPS) is 44.4. The van der Waals surface area contributed by atoms with E-state index in [4.69, 9.17) is 0 Å². The van der Waals surface area contributed by atoms with Crippen molar-refractivity contribution in [2.24, 2.45) is 16.7 Å². The summed E-state index contributed by atoms with van der Waals surface area (Å²) in [6.45, 7) is 8.61. The summed E-state index contributed by atoms with van der Waals surface area (Å²) < 4.78 is 0. The van der Waals surface area contributed by atoms with Crippen LogP contribution in [0.4, 0.5) is 0 Å². The van der Waals surface area contributed by atoms with Gasteiger partial charge in [-0.1, -0.05) is 27.2 Å². The summed E-state index contributed by atoms with van der Waals surface area (Å²) in [7, 11) is 0. The molecule has 14 heavy (non-hydrogen) atoms. The molecule has 3 fully saturated rings. The maximum Gasteiger partial charge on any atom is 0.0263 e.